The first-order valence-corrected chi connectivity index (χ1v) is 8.67. The van der Waals surface area contributed by atoms with Crippen molar-refractivity contribution in [1.29, 1.82) is 0 Å². The zero-order valence-electron chi connectivity index (χ0n) is 13.1. The van der Waals surface area contributed by atoms with Crippen LogP contribution < -0.4 is 10.5 Å². The van der Waals surface area contributed by atoms with Gasteiger partial charge in [0.15, 0.2) is 0 Å². The second-order valence-corrected chi connectivity index (χ2v) is 7.83. The Morgan fingerprint density at radius 3 is 2.48 bits per heavy atom. The Hall–Kier alpha value is -1.27. The van der Waals surface area contributed by atoms with Gasteiger partial charge in [-0.05, 0) is 57.2 Å². The number of anilines is 1. The van der Waals surface area contributed by atoms with Crippen LogP contribution in [0.5, 0.6) is 5.75 Å². The van der Waals surface area contributed by atoms with Crippen LogP contribution >= 0.6 is 0 Å². The van der Waals surface area contributed by atoms with Crippen LogP contribution in [0.1, 0.15) is 32.3 Å². The van der Waals surface area contributed by atoms with E-state index in [1.54, 1.807) is 10.4 Å². The number of methoxy groups -OCH3 is 1. The van der Waals surface area contributed by atoms with E-state index in [0.29, 0.717) is 23.9 Å². The van der Waals surface area contributed by atoms with E-state index >= 15 is 0 Å². The van der Waals surface area contributed by atoms with Gasteiger partial charge >= 0.3 is 0 Å². The molecule has 0 spiro atoms. The predicted molar refractivity (Wildman–Crippen MR) is 83.9 cm³/mol. The van der Waals surface area contributed by atoms with E-state index in [-0.39, 0.29) is 10.9 Å². The van der Waals surface area contributed by atoms with E-state index in [9.17, 15) is 8.42 Å². The van der Waals surface area contributed by atoms with Gasteiger partial charge in [0, 0.05) is 18.3 Å². The molecule has 1 aromatic carbocycles. The zero-order chi connectivity index (χ0) is 15.8. The first-order chi connectivity index (χ1) is 9.77. The van der Waals surface area contributed by atoms with Crippen molar-refractivity contribution in [3.05, 3.63) is 17.7 Å². The second kappa shape index (κ2) is 5.85. The highest BCUT2D eigenvalue weighted by Crippen LogP contribution is 2.35. The maximum atomic E-state index is 13.0. The number of hydrogen-bond acceptors (Lipinski definition) is 4. The topological polar surface area (TPSA) is 72.6 Å². The molecule has 0 aromatic heterocycles. The van der Waals surface area contributed by atoms with Gasteiger partial charge in [-0.3, -0.25) is 0 Å². The molecular formula is C15H24N2O3S. The van der Waals surface area contributed by atoms with Crippen LogP contribution in [-0.2, 0) is 10.0 Å². The minimum absolute atomic E-state index is 0.0946. The Kier molecular flexibility index (Phi) is 4.49. The molecule has 0 saturated heterocycles. The second-order valence-electron chi connectivity index (χ2n) is 5.97. The van der Waals surface area contributed by atoms with E-state index < -0.39 is 10.0 Å². The van der Waals surface area contributed by atoms with Crippen molar-refractivity contribution >= 4 is 15.7 Å². The molecule has 0 radical (unpaired) electrons. The van der Waals surface area contributed by atoms with Gasteiger partial charge in [0.25, 0.3) is 0 Å². The fourth-order valence-corrected chi connectivity index (χ4v) is 4.19. The van der Waals surface area contributed by atoms with Crippen molar-refractivity contribution in [2.24, 2.45) is 5.92 Å². The van der Waals surface area contributed by atoms with Crippen molar-refractivity contribution < 1.29 is 13.2 Å². The molecule has 1 saturated carbocycles. The molecule has 0 bridgehead atoms. The highest BCUT2D eigenvalue weighted by Gasteiger charge is 2.35. The first-order valence-electron chi connectivity index (χ1n) is 7.23. The monoisotopic (exact) mass is 312 g/mol. The standard InChI is InChI=1S/C15H24N2O3S/c1-10(2)17(9-12-5-6-12)21(18,19)15-8-13(16)11(3)7-14(15)20-4/h7-8,10,12H,5-6,9,16H2,1-4H3. The summed E-state index contributed by atoms with van der Waals surface area (Å²) in [6.45, 7) is 6.18. The molecule has 6 heteroatoms. The summed E-state index contributed by atoms with van der Waals surface area (Å²) in [4.78, 5) is 0.155. The molecule has 118 valence electrons. The van der Waals surface area contributed by atoms with E-state index in [0.717, 1.165) is 18.4 Å². The first kappa shape index (κ1) is 16.1. The number of aryl methyl sites for hydroxylation is 1. The van der Waals surface area contributed by atoms with E-state index in [1.807, 2.05) is 20.8 Å². The van der Waals surface area contributed by atoms with Gasteiger partial charge < -0.3 is 10.5 Å². The lowest BCUT2D eigenvalue weighted by Gasteiger charge is -2.27. The minimum Gasteiger partial charge on any atom is -0.495 e. The summed E-state index contributed by atoms with van der Waals surface area (Å²) < 4.78 is 32.8. The highest BCUT2D eigenvalue weighted by molar-refractivity contribution is 7.89. The largest absolute Gasteiger partial charge is 0.495 e. The Balaban J connectivity index is 2.48. The fourth-order valence-electron chi connectivity index (χ4n) is 2.31. The minimum atomic E-state index is -3.61. The summed E-state index contributed by atoms with van der Waals surface area (Å²) in [6, 6.07) is 3.09. The molecule has 2 N–H and O–H groups in total. The number of hydrogen-bond donors (Lipinski definition) is 1. The lowest BCUT2D eigenvalue weighted by atomic mass is 10.2. The third-order valence-electron chi connectivity index (χ3n) is 3.85. The average molecular weight is 312 g/mol. The van der Waals surface area contributed by atoms with Crippen molar-refractivity contribution in [1.82, 2.24) is 4.31 Å². The van der Waals surface area contributed by atoms with Crippen LogP contribution in [0.2, 0.25) is 0 Å². The number of nitrogens with zero attached hydrogens (tertiary/aromatic N) is 1. The lowest BCUT2D eigenvalue weighted by Crippen LogP contribution is -2.38. The molecule has 1 aromatic rings. The van der Waals surface area contributed by atoms with Gasteiger partial charge in [-0.1, -0.05) is 0 Å². The van der Waals surface area contributed by atoms with E-state index in [1.165, 1.54) is 13.2 Å². The SMILES string of the molecule is COc1cc(C)c(N)cc1S(=O)(=O)N(CC1CC1)C(C)C. The van der Waals surface area contributed by atoms with Crippen molar-refractivity contribution in [3.8, 4) is 5.75 Å². The van der Waals surface area contributed by atoms with Gasteiger partial charge in [0.1, 0.15) is 10.6 Å². The summed E-state index contributed by atoms with van der Waals surface area (Å²) in [5.41, 5.74) is 7.16. The smallest absolute Gasteiger partial charge is 0.247 e. The Labute approximate surface area is 127 Å². The molecule has 0 unspecified atom stereocenters. The third kappa shape index (κ3) is 3.32. The van der Waals surface area contributed by atoms with E-state index in [2.05, 4.69) is 0 Å². The van der Waals surface area contributed by atoms with Crippen LogP contribution in [0.25, 0.3) is 0 Å². The Bertz CT molecular complexity index is 622. The van der Waals surface area contributed by atoms with Crippen molar-refractivity contribution in [3.63, 3.8) is 0 Å². The predicted octanol–water partition coefficient (Wildman–Crippen LogP) is 2.39. The lowest BCUT2D eigenvalue weighted by molar-refractivity contribution is 0.338. The van der Waals surface area contributed by atoms with Crippen LogP contribution in [0, 0.1) is 12.8 Å². The number of nitrogen functional groups attached to an aromatic ring is 1. The van der Waals surface area contributed by atoms with Crippen LogP contribution in [0.3, 0.4) is 0 Å². The summed E-state index contributed by atoms with van der Waals surface area (Å²) in [7, 11) is -2.13. The summed E-state index contributed by atoms with van der Waals surface area (Å²) >= 11 is 0. The van der Waals surface area contributed by atoms with Crippen LogP contribution in [0.15, 0.2) is 17.0 Å². The molecule has 2 rings (SSSR count). The highest BCUT2D eigenvalue weighted by atomic mass is 32.2. The van der Waals surface area contributed by atoms with Crippen LogP contribution in [-0.4, -0.2) is 32.4 Å². The van der Waals surface area contributed by atoms with Gasteiger partial charge in [-0.15, -0.1) is 0 Å². The van der Waals surface area contributed by atoms with Crippen molar-refractivity contribution in [2.75, 3.05) is 19.4 Å². The molecule has 1 fully saturated rings. The maximum Gasteiger partial charge on any atom is 0.247 e. The molecule has 1 aliphatic rings. The number of rotatable bonds is 6. The Morgan fingerprint density at radius 1 is 1.38 bits per heavy atom. The van der Waals surface area contributed by atoms with Gasteiger partial charge in [-0.2, -0.15) is 4.31 Å². The molecule has 0 heterocycles. The quantitative estimate of drug-likeness (QED) is 0.819. The van der Waals surface area contributed by atoms with Gasteiger partial charge in [-0.25, -0.2) is 8.42 Å². The molecule has 0 amide bonds. The molecule has 0 atom stereocenters. The maximum absolute atomic E-state index is 13.0. The van der Waals surface area contributed by atoms with Gasteiger partial charge in [0.05, 0.1) is 7.11 Å². The number of nitrogens with two attached hydrogens (primary N) is 1. The Morgan fingerprint density at radius 2 is 2.00 bits per heavy atom. The molecule has 0 aliphatic heterocycles. The molecule has 21 heavy (non-hydrogen) atoms. The third-order valence-corrected chi connectivity index (χ3v) is 5.91. The molecule has 5 nitrogen and oxygen atoms in total. The fraction of sp³-hybridized carbons (Fsp3) is 0.600. The average Bonchev–Trinajstić information content (AvgIpc) is 3.21. The van der Waals surface area contributed by atoms with Crippen molar-refractivity contribution in [2.45, 2.75) is 44.6 Å². The number of benzene rings is 1. The summed E-state index contributed by atoms with van der Waals surface area (Å²) in [6.07, 6.45) is 2.21. The molecular weight excluding hydrogens is 288 g/mol. The zero-order valence-corrected chi connectivity index (χ0v) is 13.9. The number of sulfonamides is 1. The van der Waals surface area contributed by atoms with Gasteiger partial charge in [0.2, 0.25) is 10.0 Å². The summed E-state index contributed by atoms with van der Waals surface area (Å²) in [5, 5.41) is 0. The number of ether oxygens (including phenoxy) is 1. The van der Waals surface area contributed by atoms with Crippen LogP contribution in [0.4, 0.5) is 5.69 Å². The summed E-state index contributed by atoms with van der Waals surface area (Å²) in [5.74, 6) is 0.833. The van der Waals surface area contributed by atoms with E-state index in [4.69, 9.17) is 10.5 Å². The normalized spacial score (nSPS) is 15.7. The molecule has 1 aliphatic carbocycles.